The highest BCUT2D eigenvalue weighted by molar-refractivity contribution is 9.10. The molecule has 0 fully saturated rings. The van der Waals surface area contributed by atoms with Crippen LogP contribution in [0.25, 0.3) is 11.4 Å². The second-order valence-corrected chi connectivity index (χ2v) is 8.19. The van der Waals surface area contributed by atoms with Gasteiger partial charge in [0.2, 0.25) is 0 Å². The van der Waals surface area contributed by atoms with Crippen molar-refractivity contribution in [3.05, 3.63) is 50.6 Å². The molecule has 0 atom stereocenters. The van der Waals surface area contributed by atoms with Crippen LogP contribution in [-0.4, -0.2) is 14.8 Å². The van der Waals surface area contributed by atoms with Crippen LogP contribution in [0, 0.1) is 0 Å². The molecule has 0 N–H and O–H groups in total. The van der Waals surface area contributed by atoms with Gasteiger partial charge in [0.15, 0.2) is 11.0 Å². The molecule has 0 spiro atoms. The average Bonchev–Trinajstić information content (AvgIpc) is 3.14. The summed E-state index contributed by atoms with van der Waals surface area (Å²) in [5.74, 6) is 1.84. The van der Waals surface area contributed by atoms with Gasteiger partial charge in [-0.3, -0.25) is 0 Å². The lowest BCUT2D eigenvalue weighted by molar-refractivity contribution is 0.794. The van der Waals surface area contributed by atoms with Crippen LogP contribution in [0.15, 0.2) is 45.3 Å². The number of nitrogens with zero attached hydrogens (tertiary/aromatic N) is 3. The first-order chi connectivity index (χ1) is 11.2. The van der Waals surface area contributed by atoms with E-state index in [2.05, 4.69) is 73.3 Å². The topological polar surface area (TPSA) is 30.7 Å². The van der Waals surface area contributed by atoms with Crippen molar-refractivity contribution >= 4 is 39.0 Å². The van der Waals surface area contributed by atoms with Crippen LogP contribution in [0.3, 0.4) is 0 Å². The molecule has 3 rings (SSSR count). The van der Waals surface area contributed by atoms with Crippen LogP contribution in [-0.2, 0) is 19.2 Å². The Bertz CT molecular complexity index is 777. The fraction of sp³-hybridized carbons (Fsp3) is 0.294. The minimum Gasteiger partial charge on any atom is -0.305 e. The number of hydrogen-bond acceptors (Lipinski definition) is 4. The Hall–Kier alpha value is -1.11. The summed E-state index contributed by atoms with van der Waals surface area (Å²) >= 11 is 6.99. The van der Waals surface area contributed by atoms with Crippen molar-refractivity contribution in [1.29, 1.82) is 0 Å². The lowest BCUT2D eigenvalue weighted by Gasteiger charge is -2.03. The Morgan fingerprint density at radius 1 is 1.22 bits per heavy atom. The largest absolute Gasteiger partial charge is 0.305 e. The fourth-order valence-electron chi connectivity index (χ4n) is 2.30. The van der Waals surface area contributed by atoms with Crippen LogP contribution in [0.5, 0.6) is 0 Å². The van der Waals surface area contributed by atoms with Crippen molar-refractivity contribution in [3.63, 3.8) is 0 Å². The lowest BCUT2D eigenvalue weighted by Crippen LogP contribution is -1.94. The van der Waals surface area contributed by atoms with Gasteiger partial charge in [-0.15, -0.1) is 21.5 Å². The summed E-state index contributed by atoms with van der Waals surface area (Å²) in [5.41, 5.74) is 2.45. The van der Waals surface area contributed by atoms with E-state index in [4.69, 9.17) is 0 Å². The van der Waals surface area contributed by atoms with Crippen LogP contribution in [0.1, 0.15) is 23.8 Å². The van der Waals surface area contributed by atoms with Crippen molar-refractivity contribution in [2.24, 2.45) is 7.05 Å². The summed E-state index contributed by atoms with van der Waals surface area (Å²) in [6, 6.07) is 10.6. The Morgan fingerprint density at radius 3 is 2.74 bits per heavy atom. The SMILES string of the molecule is CCCc1cc(-c2nnc(SCc3ccc(Br)cc3)n2C)cs1. The molecular formula is C17H18BrN3S2. The van der Waals surface area contributed by atoms with E-state index in [0.717, 1.165) is 27.6 Å². The number of rotatable bonds is 6. The van der Waals surface area contributed by atoms with Gasteiger partial charge in [0.1, 0.15) is 0 Å². The molecule has 120 valence electrons. The van der Waals surface area contributed by atoms with Gasteiger partial charge < -0.3 is 4.57 Å². The van der Waals surface area contributed by atoms with E-state index in [1.54, 1.807) is 23.1 Å². The molecule has 0 aliphatic rings. The van der Waals surface area contributed by atoms with Crippen molar-refractivity contribution < 1.29 is 0 Å². The molecule has 23 heavy (non-hydrogen) atoms. The summed E-state index contributed by atoms with van der Waals surface area (Å²) < 4.78 is 3.19. The zero-order valence-electron chi connectivity index (χ0n) is 13.1. The smallest absolute Gasteiger partial charge is 0.191 e. The summed E-state index contributed by atoms with van der Waals surface area (Å²) in [6.45, 7) is 2.21. The van der Waals surface area contributed by atoms with Gasteiger partial charge in [-0.1, -0.05) is 53.2 Å². The zero-order valence-corrected chi connectivity index (χ0v) is 16.3. The standard InChI is InChI=1S/C17H18BrN3S2/c1-3-4-15-9-13(11-22-15)16-19-20-17(21(16)2)23-10-12-5-7-14(18)8-6-12/h5-9,11H,3-4,10H2,1-2H3. The summed E-state index contributed by atoms with van der Waals surface area (Å²) in [4.78, 5) is 1.41. The molecule has 3 nitrogen and oxygen atoms in total. The van der Waals surface area contributed by atoms with E-state index < -0.39 is 0 Å². The molecule has 0 amide bonds. The van der Waals surface area contributed by atoms with E-state index in [0.29, 0.717) is 0 Å². The third-order valence-electron chi connectivity index (χ3n) is 3.52. The molecule has 3 aromatic rings. The first kappa shape index (κ1) is 16.7. The number of halogens is 1. The number of benzene rings is 1. The predicted molar refractivity (Wildman–Crippen MR) is 102 cm³/mol. The van der Waals surface area contributed by atoms with E-state index in [-0.39, 0.29) is 0 Å². The van der Waals surface area contributed by atoms with E-state index in [1.165, 1.54) is 22.4 Å². The van der Waals surface area contributed by atoms with Gasteiger partial charge in [-0.25, -0.2) is 0 Å². The summed E-state index contributed by atoms with van der Waals surface area (Å²) in [6.07, 6.45) is 2.31. The normalized spacial score (nSPS) is 11.1. The summed E-state index contributed by atoms with van der Waals surface area (Å²) in [5, 5.41) is 11.9. The average molecular weight is 408 g/mol. The van der Waals surface area contributed by atoms with Gasteiger partial charge in [-0.05, 0) is 30.2 Å². The van der Waals surface area contributed by atoms with Crippen LogP contribution >= 0.6 is 39.0 Å². The third kappa shape index (κ3) is 4.05. The maximum atomic E-state index is 4.38. The second kappa shape index (κ2) is 7.64. The van der Waals surface area contributed by atoms with Gasteiger partial charge in [-0.2, -0.15) is 0 Å². The molecule has 0 bridgehead atoms. The Kier molecular flexibility index (Phi) is 5.56. The van der Waals surface area contributed by atoms with Crippen molar-refractivity contribution in [3.8, 4) is 11.4 Å². The van der Waals surface area contributed by atoms with Crippen LogP contribution < -0.4 is 0 Å². The highest BCUT2D eigenvalue weighted by atomic mass is 79.9. The number of aromatic nitrogens is 3. The monoisotopic (exact) mass is 407 g/mol. The lowest BCUT2D eigenvalue weighted by atomic mass is 10.2. The van der Waals surface area contributed by atoms with E-state index in [9.17, 15) is 0 Å². The van der Waals surface area contributed by atoms with Crippen molar-refractivity contribution in [2.75, 3.05) is 0 Å². The molecule has 2 aromatic heterocycles. The second-order valence-electron chi connectivity index (χ2n) is 5.33. The summed E-state index contributed by atoms with van der Waals surface area (Å²) in [7, 11) is 2.04. The number of thioether (sulfide) groups is 1. The highest BCUT2D eigenvalue weighted by Gasteiger charge is 2.13. The maximum absolute atomic E-state index is 4.38. The Morgan fingerprint density at radius 2 is 2.00 bits per heavy atom. The van der Waals surface area contributed by atoms with Gasteiger partial charge in [0, 0.05) is 33.1 Å². The highest BCUT2D eigenvalue weighted by Crippen LogP contribution is 2.28. The Labute approximate surface area is 153 Å². The molecule has 0 saturated carbocycles. The third-order valence-corrected chi connectivity index (χ3v) is 6.14. The van der Waals surface area contributed by atoms with Crippen LogP contribution in [0.2, 0.25) is 0 Å². The molecular weight excluding hydrogens is 390 g/mol. The number of hydrogen-bond donors (Lipinski definition) is 0. The van der Waals surface area contributed by atoms with Crippen LogP contribution in [0.4, 0.5) is 0 Å². The molecule has 0 unspecified atom stereocenters. The number of thiophene rings is 1. The molecule has 2 heterocycles. The van der Waals surface area contributed by atoms with Crippen molar-refractivity contribution in [1.82, 2.24) is 14.8 Å². The quantitative estimate of drug-likeness (QED) is 0.501. The molecule has 6 heteroatoms. The van der Waals surface area contributed by atoms with Crippen molar-refractivity contribution in [2.45, 2.75) is 30.7 Å². The zero-order chi connectivity index (χ0) is 16.2. The first-order valence-electron chi connectivity index (χ1n) is 7.51. The number of aryl methyl sites for hydroxylation is 1. The fourth-order valence-corrected chi connectivity index (χ4v) is 4.40. The molecule has 0 saturated heterocycles. The minimum absolute atomic E-state index is 0.893. The predicted octanol–water partition coefficient (Wildman–Crippen LogP) is 5.55. The maximum Gasteiger partial charge on any atom is 0.191 e. The van der Waals surface area contributed by atoms with Gasteiger partial charge in [0.25, 0.3) is 0 Å². The van der Waals surface area contributed by atoms with E-state index in [1.807, 2.05) is 7.05 Å². The Balaban J connectivity index is 1.72. The molecule has 0 radical (unpaired) electrons. The minimum atomic E-state index is 0.893. The molecule has 1 aromatic carbocycles. The molecule has 0 aliphatic heterocycles. The van der Waals surface area contributed by atoms with Gasteiger partial charge >= 0.3 is 0 Å². The van der Waals surface area contributed by atoms with Gasteiger partial charge in [0.05, 0.1) is 0 Å². The molecule has 0 aliphatic carbocycles. The van der Waals surface area contributed by atoms with E-state index >= 15 is 0 Å². The first-order valence-corrected chi connectivity index (χ1v) is 10.2.